The van der Waals surface area contributed by atoms with Gasteiger partial charge in [0.2, 0.25) is 0 Å². The Bertz CT molecular complexity index is 385. The van der Waals surface area contributed by atoms with Crippen LogP contribution >= 0.6 is 0 Å². The molecule has 0 spiro atoms. The molecule has 1 aromatic rings. The largest absolute Gasteiger partial charge is 0.464 e. The Morgan fingerprint density at radius 1 is 1.38 bits per heavy atom. The van der Waals surface area contributed by atoms with Crippen LogP contribution in [0.5, 0.6) is 0 Å². The average molecular weight is 219 g/mol. The van der Waals surface area contributed by atoms with E-state index < -0.39 is 5.97 Å². The molecule has 0 radical (unpaired) electrons. The molecule has 0 aromatic carbocycles. The van der Waals surface area contributed by atoms with Crippen LogP contribution < -0.4 is 0 Å². The predicted molar refractivity (Wildman–Crippen MR) is 64.1 cm³/mol. The molecule has 0 saturated carbocycles. The highest BCUT2D eigenvalue weighted by molar-refractivity contribution is 5.87. The van der Waals surface area contributed by atoms with Gasteiger partial charge in [0.1, 0.15) is 5.69 Å². The number of aromatic nitrogens is 1. The standard InChI is InChI=1S/C13H17NO2/c1-13(2,3)8-7-10-5-6-11(14-9-10)12(15)16-4/h5-9H,1-4H3/b8-7+. The Morgan fingerprint density at radius 3 is 2.50 bits per heavy atom. The summed E-state index contributed by atoms with van der Waals surface area (Å²) in [6.45, 7) is 6.37. The van der Waals surface area contributed by atoms with E-state index in [0.29, 0.717) is 5.69 Å². The van der Waals surface area contributed by atoms with Crippen LogP contribution in [0, 0.1) is 5.41 Å². The van der Waals surface area contributed by atoms with E-state index in [2.05, 4.69) is 36.6 Å². The van der Waals surface area contributed by atoms with Crippen molar-refractivity contribution < 1.29 is 9.53 Å². The first kappa shape index (κ1) is 12.4. The lowest BCUT2D eigenvalue weighted by Gasteiger charge is -2.10. The quantitative estimate of drug-likeness (QED) is 0.718. The minimum absolute atomic E-state index is 0.140. The molecule has 0 aliphatic rings. The Hall–Kier alpha value is -1.64. The Balaban J connectivity index is 2.80. The highest BCUT2D eigenvalue weighted by atomic mass is 16.5. The third-order valence-corrected chi connectivity index (χ3v) is 1.96. The summed E-state index contributed by atoms with van der Waals surface area (Å²) >= 11 is 0. The van der Waals surface area contributed by atoms with Gasteiger partial charge in [0.15, 0.2) is 0 Å². The summed E-state index contributed by atoms with van der Waals surface area (Å²) in [4.78, 5) is 15.2. The van der Waals surface area contributed by atoms with Gasteiger partial charge in [-0.05, 0) is 17.0 Å². The second-order valence-corrected chi connectivity index (χ2v) is 4.67. The highest BCUT2D eigenvalue weighted by Crippen LogP contribution is 2.16. The van der Waals surface area contributed by atoms with E-state index in [1.165, 1.54) is 7.11 Å². The van der Waals surface area contributed by atoms with Gasteiger partial charge in [-0.2, -0.15) is 0 Å². The third kappa shape index (κ3) is 3.85. The maximum Gasteiger partial charge on any atom is 0.356 e. The third-order valence-electron chi connectivity index (χ3n) is 1.96. The zero-order valence-electron chi connectivity index (χ0n) is 10.2. The van der Waals surface area contributed by atoms with Crippen LogP contribution in [-0.2, 0) is 4.74 Å². The molecule has 1 aromatic heterocycles. The first-order valence-corrected chi connectivity index (χ1v) is 5.16. The maximum absolute atomic E-state index is 11.1. The summed E-state index contributed by atoms with van der Waals surface area (Å²) in [5.41, 5.74) is 1.44. The summed E-state index contributed by atoms with van der Waals surface area (Å²) in [6, 6.07) is 3.51. The van der Waals surface area contributed by atoms with Crippen molar-refractivity contribution in [3.63, 3.8) is 0 Å². The zero-order valence-corrected chi connectivity index (χ0v) is 10.2. The molecule has 86 valence electrons. The van der Waals surface area contributed by atoms with Crippen molar-refractivity contribution in [3.05, 3.63) is 35.7 Å². The van der Waals surface area contributed by atoms with Gasteiger partial charge in [-0.15, -0.1) is 0 Å². The normalized spacial score (nSPS) is 11.8. The first-order chi connectivity index (χ1) is 7.42. The summed E-state index contributed by atoms with van der Waals surface area (Å²) < 4.78 is 4.57. The number of methoxy groups -OCH3 is 1. The van der Waals surface area contributed by atoms with E-state index in [1.54, 1.807) is 12.3 Å². The molecule has 0 unspecified atom stereocenters. The summed E-state index contributed by atoms with van der Waals surface area (Å²) in [6.07, 6.45) is 5.75. The van der Waals surface area contributed by atoms with Gasteiger partial charge in [0.05, 0.1) is 7.11 Å². The Kier molecular flexibility index (Phi) is 3.82. The van der Waals surface area contributed by atoms with Gasteiger partial charge in [-0.25, -0.2) is 9.78 Å². The van der Waals surface area contributed by atoms with Gasteiger partial charge in [-0.3, -0.25) is 0 Å². The van der Waals surface area contributed by atoms with Crippen LogP contribution in [-0.4, -0.2) is 18.1 Å². The van der Waals surface area contributed by atoms with Crippen molar-refractivity contribution in [2.24, 2.45) is 5.41 Å². The fourth-order valence-electron chi connectivity index (χ4n) is 1.08. The van der Waals surface area contributed by atoms with Crippen LogP contribution in [0.25, 0.3) is 6.08 Å². The number of carbonyl (C=O) groups excluding carboxylic acids is 1. The SMILES string of the molecule is COC(=O)c1ccc(/C=C/C(C)(C)C)cn1. The van der Waals surface area contributed by atoms with Gasteiger partial charge >= 0.3 is 5.97 Å². The molecular weight excluding hydrogens is 202 g/mol. The van der Waals surface area contributed by atoms with E-state index in [9.17, 15) is 4.79 Å². The van der Waals surface area contributed by atoms with E-state index in [4.69, 9.17) is 0 Å². The van der Waals surface area contributed by atoms with Crippen molar-refractivity contribution in [2.45, 2.75) is 20.8 Å². The van der Waals surface area contributed by atoms with E-state index in [0.717, 1.165) is 5.56 Å². The van der Waals surface area contributed by atoms with Gasteiger partial charge in [-0.1, -0.05) is 39.0 Å². The molecule has 3 heteroatoms. The monoisotopic (exact) mass is 219 g/mol. The topological polar surface area (TPSA) is 39.2 Å². The van der Waals surface area contributed by atoms with Crippen molar-refractivity contribution in [3.8, 4) is 0 Å². The number of hydrogen-bond acceptors (Lipinski definition) is 3. The smallest absolute Gasteiger partial charge is 0.356 e. The number of nitrogens with zero attached hydrogens (tertiary/aromatic N) is 1. The number of esters is 1. The Labute approximate surface area is 96.2 Å². The van der Waals surface area contributed by atoms with Crippen molar-refractivity contribution in [1.82, 2.24) is 4.98 Å². The second-order valence-electron chi connectivity index (χ2n) is 4.67. The van der Waals surface area contributed by atoms with E-state index >= 15 is 0 Å². The van der Waals surface area contributed by atoms with Gasteiger partial charge < -0.3 is 4.74 Å². The van der Waals surface area contributed by atoms with E-state index in [-0.39, 0.29) is 5.41 Å². The zero-order chi connectivity index (χ0) is 12.2. The number of pyridine rings is 1. The lowest BCUT2D eigenvalue weighted by Crippen LogP contribution is -2.03. The molecule has 1 heterocycles. The van der Waals surface area contributed by atoms with Crippen LogP contribution in [0.1, 0.15) is 36.8 Å². The molecule has 3 nitrogen and oxygen atoms in total. The molecule has 1 rings (SSSR count). The number of rotatable bonds is 2. The predicted octanol–water partition coefficient (Wildman–Crippen LogP) is 2.93. The molecule has 0 N–H and O–H groups in total. The van der Waals surface area contributed by atoms with Gasteiger partial charge in [0.25, 0.3) is 0 Å². The molecule has 0 aliphatic heterocycles. The van der Waals surface area contributed by atoms with Crippen molar-refractivity contribution in [2.75, 3.05) is 7.11 Å². The van der Waals surface area contributed by atoms with Crippen LogP contribution in [0.3, 0.4) is 0 Å². The molecule has 0 fully saturated rings. The molecule has 0 bridgehead atoms. The number of carbonyl (C=O) groups is 1. The first-order valence-electron chi connectivity index (χ1n) is 5.16. The maximum atomic E-state index is 11.1. The number of allylic oxidation sites excluding steroid dienone is 1. The second kappa shape index (κ2) is 4.92. The highest BCUT2D eigenvalue weighted by Gasteiger charge is 2.06. The molecule has 0 saturated heterocycles. The molecule has 0 aliphatic carbocycles. The molecule has 0 amide bonds. The minimum atomic E-state index is -0.411. The molecule has 16 heavy (non-hydrogen) atoms. The van der Waals surface area contributed by atoms with Crippen LogP contribution in [0.4, 0.5) is 0 Å². The fraction of sp³-hybridized carbons (Fsp3) is 0.385. The van der Waals surface area contributed by atoms with Crippen LogP contribution in [0.15, 0.2) is 24.4 Å². The summed E-state index contributed by atoms with van der Waals surface area (Å²) in [7, 11) is 1.34. The summed E-state index contributed by atoms with van der Waals surface area (Å²) in [5, 5.41) is 0. The fourth-order valence-corrected chi connectivity index (χ4v) is 1.08. The average Bonchev–Trinajstić information content (AvgIpc) is 2.25. The molecular formula is C13H17NO2. The Morgan fingerprint density at radius 2 is 2.06 bits per heavy atom. The minimum Gasteiger partial charge on any atom is -0.464 e. The van der Waals surface area contributed by atoms with Crippen LogP contribution in [0.2, 0.25) is 0 Å². The molecule has 0 atom stereocenters. The number of hydrogen-bond donors (Lipinski definition) is 0. The lowest BCUT2D eigenvalue weighted by molar-refractivity contribution is 0.0594. The van der Waals surface area contributed by atoms with E-state index in [1.807, 2.05) is 12.1 Å². The lowest BCUT2D eigenvalue weighted by atomic mass is 9.95. The number of ether oxygens (including phenoxy) is 1. The van der Waals surface area contributed by atoms with Crippen molar-refractivity contribution in [1.29, 1.82) is 0 Å². The van der Waals surface area contributed by atoms with Crippen molar-refractivity contribution >= 4 is 12.0 Å². The summed E-state index contributed by atoms with van der Waals surface area (Å²) in [5.74, 6) is -0.411. The van der Waals surface area contributed by atoms with Gasteiger partial charge in [0, 0.05) is 6.20 Å².